The van der Waals surface area contributed by atoms with Crippen LogP contribution in [0.2, 0.25) is 0 Å². The fraction of sp³-hybridized carbons (Fsp3) is 0.0588. The predicted molar refractivity (Wildman–Crippen MR) is 88.9 cm³/mol. The molecule has 1 aliphatic heterocycles. The Kier molecular flexibility index (Phi) is 3.63. The number of carbonyl (C=O) groups is 1. The van der Waals surface area contributed by atoms with Gasteiger partial charge in [0.05, 0.1) is 16.8 Å². The van der Waals surface area contributed by atoms with Crippen molar-refractivity contribution in [3.63, 3.8) is 0 Å². The van der Waals surface area contributed by atoms with Crippen LogP contribution in [0.15, 0.2) is 59.6 Å². The maximum Gasteiger partial charge on any atom is 0.573 e. The first-order valence-electron chi connectivity index (χ1n) is 7.52. The van der Waals surface area contributed by atoms with Gasteiger partial charge in [-0.1, -0.05) is 18.2 Å². The number of nitrogens with zero attached hydrogens (tertiary/aromatic N) is 2. The Bertz CT molecular complexity index is 1190. The van der Waals surface area contributed by atoms with Gasteiger partial charge in [-0.25, -0.2) is 8.42 Å². The molecule has 138 valence electrons. The Morgan fingerprint density at radius 3 is 2.52 bits per heavy atom. The maximum absolute atomic E-state index is 12.8. The quantitative estimate of drug-likeness (QED) is 0.665. The Labute approximate surface area is 150 Å². The minimum Gasteiger partial charge on any atom is -0.406 e. The lowest BCUT2D eigenvalue weighted by Crippen LogP contribution is -2.30. The molecule has 0 radical (unpaired) electrons. The van der Waals surface area contributed by atoms with Crippen LogP contribution >= 0.6 is 0 Å². The van der Waals surface area contributed by atoms with Gasteiger partial charge < -0.3 is 4.74 Å². The van der Waals surface area contributed by atoms with Crippen molar-refractivity contribution in [3.8, 4) is 5.75 Å². The molecule has 6 nitrogen and oxygen atoms in total. The molecule has 0 unspecified atom stereocenters. The van der Waals surface area contributed by atoms with Gasteiger partial charge in [0.25, 0.3) is 15.9 Å². The summed E-state index contributed by atoms with van der Waals surface area (Å²) in [5, 5.41) is 0.607. The van der Waals surface area contributed by atoms with Gasteiger partial charge in [-0.2, -0.15) is 4.31 Å². The van der Waals surface area contributed by atoms with Crippen molar-refractivity contribution in [2.24, 2.45) is 0 Å². The number of alkyl halides is 3. The number of fused-ring (bicyclic) bond motifs is 2. The third-order valence-corrected chi connectivity index (χ3v) is 5.70. The molecule has 0 fully saturated rings. The van der Waals surface area contributed by atoms with E-state index >= 15 is 0 Å². The molecular formula is C17H9F3N2O4S. The standard InChI is InChI=1S/C17H9F3N2O4S/c18-17(19,20)26-11-6-7-14-12(9-11)16(23)22(27(14,24)25)13-5-1-3-10-4-2-8-21-15(10)13/h1-9H. The molecular weight excluding hydrogens is 385 g/mol. The Morgan fingerprint density at radius 2 is 1.78 bits per heavy atom. The molecule has 0 saturated heterocycles. The van der Waals surface area contributed by atoms with Crippen LogP contribution in [0, 0.1) is 0 Å². The number of benzene rings is 2. The summed E-state index contributed by atoms with van der Waals surface area (Å²) in [4.78, 5) is 16.5. The normalized spacial score (nSPS) is 15.8. The van der Waals surface area contributed by atoms with Crippen LogP contribution in [0.1, 0.15) is 10.4 Å². The van der Waals surface area contributed by atoms with Crippen LogP contribution in [0.4, 0.5) is 18.9 Å². The fourth-order valence-corrected chi connectivity index (χ4v) is 4.49. The van der Waals surface area contributed by atoms with E-state index in [1.54, 1.807) is 24.3 Å². The van der Waals surface area contributed by atoms with Crippen LogP contribution in [0.3, 0.4) is 0 Å². The van der Waals surface area contributed by atoms with Gasteiger partial charge in [-0.05, 0) is 30.3 Å². The topological polar surface area (TPSA) is 76.6 Å². The average Bonchev–Trinajstić information content (AvgIpc) is 2.79. The van der Waals surface area contributed by atoms with Crippen molar-refractivity contribution in [2.75, 3.05) is 4.31 Å². The number of amides is 1. The fourth-order valence-electron chi connectivity index (χ4n) is 2.91. The summed E-state index contributed by atoms with van der Waals surface area (Å²) in [5.41, 5.74) is -0.103. The molecule has 0 aliphatic carbocycles. The van der Waals surface area contributed by atoms with Crippen LogP contribution < -0.4 is 9.04 Å². The summed E-state index contributed by atoms with van der Waals surface area (Å²) in [6.45, 7) is 0. The van der Waals surface area contributed by atoms with Crippen LogP contribution in [-0.2, 0) is 10.0 Å². The number of rotatable bonds is 2. The Hall–Kier alpha value is -3.14. The molecule has 2 aromatic carbocycles. The van der Waals surface area contributed by atoms with E-state index in [4.69, 9.17) is 0 Å². The molecule has 1 amide bonds. The second kappa shape index (κ2) is 5.68. The van der Waals surface area contributed by atoms with Crippen LogP contribution in [0.25, 0.3) is 10.9 Å². The number of para-hydroxylation sites is 1. The van der Waals surface area contributed by atoms with E-state index in [1.165, 1.54) is 12.3 Å². The highest BCUT2D eigenvalue weighted by Gasteiger charge is 2.44. The van der Waals surface area contributed by atoms with E-state index in [-0.39, 0.29) is 11.2 Å². The van der Waals surface area contributed by atoms with Crippen LogP contribution in [-0.4, -0.2) is 25.7 Å². The molecule has 1 aromatic heterocycles. The van der Waals surface area contributed by atoms with Crippen molar-refractivity contribution >= 4 is 32.5 Å². The maximum atomic E-state index is 12.8. The van der Waals surface area contributed by atoms with Crippen molar-refractivity contribution in [1.29, 1.82) is 0 Å². The average molecular weight is 394 g/mol. The minimum atomic E-state index is -4.96. The van der Waals surface area contributed by atoms with E-state index in [9.17, 15) is 26.4 Å². The minimum absolute atomic E-state index is 0.0209. The molecule has 4 rings (SSSR count). The molecule has 0 bridgehead atoms. The summed E-state index contributed by atoms with van der Waals surface area (Å²) in [6.07, 6.45) is -3.52. The molecule has 0 atom stereocenters. The van der Waals surface area contributed by atoms with Gasteiger partial charge in [-0.15, -0.1) is 13.2 Å². The Morgan fingerprint density at radius 1 is 1.04 bits per heavy atom. The van der Waals surface area contributed by atoms with E-state index in [2.05, 4.69) is 9.72 Å². The zero-order valence-corrected chi connectivity index (χ0v) is 14.1. The molecule has 0 saturated carbocycles. The summed E-state index contributed by atoms with van der Waals surface area (Å²) in [6, 6.07) is 10.5. The number of pyridine rings is 1. The van der Waals surface area contributed by atoms with Gasteiger partial charge in [0, 0.05) is 11.6 Å². The highest BCUT2D eigenvalue weighted by atomic mass is 32.2. The van der Waals surface area contributed by atoms with Crippen molar-refractivity contribution < 1.29 is 31.1 Å². The first-order chi connectivity index (χ1) is 12.7. The first kappa shape index (κ1) is 17.3. The number of hydrogen-bond donors (Lipinski definition) is 0. The second-order valence-corrected chi connectivity index (χ2v) is 7.39. The molecule has 2 heterocycles. The Balaban J connectivity index is 1.88. The number of aromatic nitrogens is 1. The van der Waals surface area contributed by atoms with Crippen molar-refractivity contribution in [1.82, 2.24) is 4.98 Å². The number of halogens is 3. The van der Waals surface area contributed by atoms with E-state index in [0.29, 0.717) is 9.69 Å². The molecule has 3 aromatic rings. The smallest absolute Gasteiger partial charge is 0.406 e. The monoisotopic (exact) mass is 394 g/mol. The van der Waals surface area contributed by atoms with Gasteiger partial charge in [0.2, 0.25) is 0 Å². The van der Waals surface area contributed by atoms with E-state index < -0.39 is 38.5 Å². The summed E-state index contributed by atoms with van der Waals surface area (Å²) < 4.78 is 67.3. The van der Waals surface area contributed by atoms with Crippen LogP contribution in [0.5, 0.6) is 5.75 Å². The second-order valence-electron chi connectivity index (χ2n) is 5.63. The third-order valence-electron chi connectivity index (χ3n) is 3.95. The van der Waals surface area contributed by atoms with E-state index in [0.717, 1.165) is 18.2 Å². The first-order valence-corrected chi connectivity index (χ1v) is 8.96. The largest absolute Gasteiger partial charge is 0.573 e. The number of sulfonamides is 1. The molecule has 1 aliphatic rings. The van der Waals surface area contributed by atoms with Gasteiger partial charge in [0.15, 0.2) is 0 Å². The van der Waals surface area contributed by atoms with Gasteiger partial charge in [-0.3, -0.25) is 9.78 Å². The summed E-state index contributed by atoms with van der Waals surface area (Å²) >= 11 is 0. The lowest BCUT2D eigenvalue weighted by molar-refractivity contribution is -0.274. The summed E-state index contributed by atoms with van der Waals surface area (Å²) in [7, 11) is -4.29. The lowest BCUT2D eigenvalue weighted by Gasteiger charge is -2.16. The molecule has 0 N–H and O–H groups in total. The molecule has 10 heteroatoms. The number of anilines is 1. The zero-order chi connectivity index (χ0) is 19.4. The van der Waals surface area contributed by atoms with Gasteiger partial charge >= 0.3 is 6.36 Å². The highest BCUT2D eigenvalue weighted by Crippen LogP contribution is 2.39. The number of carbonyl (C=O) groups excluding carboxylic acids is 1. The van der Waals surface area contributed by atoms with Gasteiger partial charge in [0.1, 0.15) is 10.6 Å². The molecule has 27 heavy (non-hydrogen) atoms. The van der Waals surface area contributed by atoms with Crippen molar-refractivity contribution in [2.45, 2.75) is 11.3 Å². The molecule has 0 spiro atoms. The predicted octanol–water partition coefficient (Wildman–Crippen LogP) is 3.48. The summed E-state index contributed by atoms with van der Waals surface area (Å²) in [5.74, 6) is -1.65. The number of hydrogen-bond acceptors (Lipinski definition) is 5. The SMILES string of the molecule is O=C1c2cc(OC(F)(F)F)ccc2S(=O)(=O)N1c1cccc2cccnc12. The van der Waals surface area contributed by atoms with E-state index in [1.807, 2.05) is 0 Å². The lowest BCUT2D eigenvalue weighted by atomic mass is 10.1. The zero-order valence-electron chi connectivity index (χ0n) is 13.3. The highest BCUT2D eigenvalue weighted by molar-refractivity contribution is 7.94. The number of ether oxygens (including phenoxy) is 1. The van der Waals surface area contributed by atoms with Crippen molar-refractivity contribution in [3.05, 3.63) is 60.3 Å². The third kappa shape index (κ3) is 2.78.